The molecule has 7 heteroatoms. The van der Waals surface area contributed by atoms with E-state index in [2.05, 4.69) is 25.1 Å². The number of nitrogens with zero attached hydrogens (tertiary/aromatic N) is 3. The summed E-state index contributed by atoms with van der Waals surface area (Å²) >= 11 is 0. The number of amides is 1. The molecule has 0 saturated carbocycles. The van der Waals surface area contributed by atoms with Crippen molar-refractivity contribution in [1.29, 1.82) is 0 Å². The van der Waals surface area contributed by atoms with Gasteiger partial charge in [-0.05, 0) is 31.4 Å². The van der Waals surface area contributed by atoms with Gasteiger partial charge >= 0.3 is 0 Å². The van der Waals surface area contributed by atoms with Crippen LogP contribution in [-0.2, 0) is 11.3 Å². The molecule has 25 heavy (non-hydrogen) atoms. The molecule has 0 aliphatic carbocycles. The van der Waals surface area contributed by atoms with Gasteiger partial charge in [0.05, 0.1) is 18.1 Å². The van der Waals surface area contributed by atoms with E-state index in [0.29, 0.717) is 12.1 Å². The number of halogens is 1. The molecule has 2 saturated heterocycles. The summed E-state index contributed by atoms with van der Waals surface area (Å²) in [6.07, 6.45) is 3.13. The van der Waals surface area contributed by atoms with Gasteiger partial charge in [0.15, 0.2) is 5.82 Å². The van der Waals surface area contributed by atoms with Crippen LogP contribution in [0.5, 0.6) is 0 Å². The summed E-state index contributed by atoms with van der Waals surface area (Å²) in [4.78, 5) is 24.4. The van der Waals surface area contributed by atoms with Gasteiger partial charge in [0.1, 0.15) is 11.3 Å². The Balaban J connectivity index is 1.36. The van der Waals surface area contributed by atoms with Gasteiger partial charge in [0, 0.05) is 32.7 Å². The fraction of sp³-hybridized carbons (Fsp3) is 0.556. The molecule has 1 aromatic carbocycles. The molecule has 1 atom stereocenters. The number of H-pyrrole nitrogens is 1. The van der Waals surface area contributed by atoms with Crippen LogP contribution in [0.25, 0.3) is 11.0 Å². The first kappa shape index (κ1) is 16.5. The van der Waals surface area contributed by atoms with Crippen LogP contribution in [0.1, 0.15) is 25.1 Å². The molecule has 1 amide bonds. The van der Waals surface area contributed by atoms with E-state index in [1.165, 1.54) is 6.07 Å². The van der Waals surface area contributed by atoms with Crippen LogP contribution in [0.2, 0.25) is 0 Å². The van der Waals surface area contributed by atoms with Gasteiger partial charge in [-0.3, -0.25) is 14.6 Å². The Bertz CT molecular complexity index is 753. The lowest BCUT2D eigenvalue weighted by Crippen LogP contribution is -2.54. The maximum Gasteiger partial charge on any atom is 0.237 e. The molecule has 1 unspecified atom stereocenters. The Labute approximate surface area is 146 Å². The van der Waals surface area contributed by atoms with Crippen molar-refractivity contribution in [2.45, 2.75) is 31.8 Å². The molecule has 2 aliphatic heterocycles. The van der Waals surface area contributed by atoms with Gasteiger partial charge in [-0.2, -0.15) is 0 Å². The normalized spacial score (nSPS) is 23.6. The van der Waals surface area contributed by atoms with E-state index >= 15 is 0 Å². The average molecular weight is 345 g/mol. The molecular formula is C18H24FN5O. The van der Waals surface area contributed by atoms with E-state index in [1.807, 2.05) is 6.07 Å². The number of benzene rings is 1. The van der Waals surface area contributed by atoms with E-state index in [-0.39, 0.29) is 17.8 Å². The lowest BCUT2D eigenvalue weighted by Gasteiger charge is -2.37. The molecule has 3 heterocycles. The first-order chi connectivity index (χ1) is 12.2. The van der Waals surface area contributed by atoms with Crippen LogP contribution in [0.15, 0.2) is 18.2 Å². The predicted molar refractivity (Wildman–Crippen MR) is 93.6 cm³/mol. The van der Waals surface area contributed by atoms with Crippen molar-refractivity contribution in [1.82, 2.24) is 25.1 Å². The Kier molecular flexibility index (Phi) is 4.67. The summed E-state index contributed by atoms with van der Waals surface area (Å²) in [6.45, 7) is 5.03. The van der Waals surface area contributed by atoms with E-state index in [0.717, 1.165) is 63.3 Å². The standard InChI is InChI=1S/C18H24FN5O/c19-13-4-3-5-14-17(13)22-16(21-14)12-23-8-10-24(11-9-23)15-6-1-2-7-20-18(15)25/h3-5,15H,1-2,6-12H2,(H,20,25)(H,21,22). The van der Waals surface area contributed by atoms with Crippen LogP contribution < -0.4 is 5.32 Å². The van der Waals surface area contributed by atoms with E-state index in [4.69, 9.17) is 0 Å². The zero-order valence-electron chi connectivity index (χ0n) is 14.3. The molecule has 0 bridgehead atoms. The maximum absolute atomic E-state index is 13.8. The first-order valence-electron chi connectivity index (χ1n) is 9.08. The average Bonchev–Trinajstić information content (AvgIpc) is 2.91. The van der Waals surface area contributed by atoms with Crippen LogP contribution in [-0.4, -0.2) is 64.4 Å². The van der Waals surface area contributed by atoms with Crippen LogP contribution in [0, 0.1) is 5.82 Å². The quantitative estimate of drug-likeness (QED) is 0.885. The largest absolute Gasteiger partial charge is 0.355 e. The third-order valence-corrected chi connectivity index (χ3v) is 5.24. The van der Waals surface area contributed by atoms with Gasteiger partial charge in [-0.1, -0.05) is 6.07 Å². The lowest BCUT2D eigenvalue weighted by atomic mass is 10.1. The molecule has 2 fully saturated rings. The molecule has 4 rings (SSSR count). The summed E-state index contributed by atoms with van der Waals surface area (Å²) in [7, 11) is 0. The van der Waals surface area contributed by atoms with E-state index in [9.17, 15) is 9.18 Å². The molecule has 6 nitrogen and oxygen atoms in total. The number of rotatable bonds is 3. The Hall–Kier alpha value is -1.99. The van der Waals surface area contributed by atoms with Crippen LogP contribution >= 0.6 is 0 Å². The Morgan fingerprint density at radius 3 is 2.84 bits per heavy atom. The number of carbonyl (C=O) groups is 1. The SMILES string of the molecule is O=C1NCCCCC1N1CCN(Cc2nc3c(F)cccc3[nH]2)CC1. The number of fused-ring (bicyclic) bond motifs is 1. The Morgan fingerprint density at radius 1 is 1.20 bits per heavy atom. The highest BCUT2D eigenvalue weighted by atomic mass is 19.1. The molecule has 0 radical (unpaired) electrons. The maximum atomic E-state index is 13.8. The molecular weight excluding hydrogens is 321 g/mol. The van der Waals surface area contributed by atoms with Crippen LogP contribution in [0.4, 0.5) is 4.39 Å². The van der Waals surface area contributed by atoms with Crippen LogP contribution in [0.3, 0.4) is 0 Å². The minimum Gasteiger partial charge on any atom is -0.355 e. The topological polar surface area (TPSA) is 64.3 Å². The Morgan fingerprint density at radius 2 is 2.04 bits per heavy atom. The monoisotopic (exact) mass is 345 g/mol. The number of hydrogen-bond acceptors (Lipinski definition) is 4. The number of aromatic amines is 1. The summed E-state index contributed by atoms with van der Waals surface area (Å²) in [5.41, 5.74) is 1.15. The van der Waals surface area contributed by atoms with E-state index < -0.39 is 0 Å². The fourth-order valence-electron chi connectivity index (χ4n) is 3.84. The number of para-hydroxylation sites is 1. The molecule has 2 N–H and O–H groups in total. The third-order valence-electron chi connectivity index (χ3n) is 5.24. The minimum absolute atomic E-state index is 0.0185. The van der Waals surface area contributed by atoms with Gasteiger partial charge < -0.3 is 10.3 Å². The van der Waals surface area contributed by atoms with Crippen molar-refractivity contribution in [3.05, 3.63) is 29.8 Å². The zero-order valence-corrected chi connectivity index (χ0v) is 14.3. The number of hydrogen-bond donors (Lipinski definition) is 2. The third kappa shape index (κ3) is 3.52. The fourth-order valence-corrected chi connectivity index (χ4v) is 3.84. The number of aromatic nitrogens is 2. The highest BCUT2D eigenvalue weighted by Crippen LogP contribution is 2.18. The van der Waals surface area contributed by atoms with Gasteiger partial charge in [0.2, 0.25) is 5.91 Å². The van der Waals surface area contributed by atoms with Crippen molar-refractivity contribution < 1.29 is 9.18 Å². The number of piperazine rings is 1. The summed E-state index contributed by atoms with van der Waals surface area (Å²) in [6, 6.07) is 4.99. The second kappa shape index (κ2) is 7.09. The highest BCUT2D eigenvalue weighted by Gasteiger charge is 2.29. The van der Waals surface area contributed by atoms with Gasteiger partial charge in [-0.25, -0.2) is 9.37 Å². The highest BCUT2D eigenvalue weighted by molar-refractivity contribution is 5.82. The van der Waals surface area contributed by atoms with Crippen molar-refractivity contribution >= 4 is 16.9 Å². The number of nitrogens with one attached hydrogen (secondary N) is 2. The van der Waals surface area contributed by atoms with Gasteiger partial charge in [-0.15, -0.1) is 0 Å². The summed E-state index contributed by atoms with van der Waals surface area (Å²) < 4.78 is 13.8. The number of imidazole rings is 1. The first-order valence-corrected chi connectivity index (χ1v) is 9.08. The van der Waals surface area contributed by atoms with Crippen molar-refractivity contribution in [3.8, 4) is 0 Å². The van der Waals surface area contributed by atoms with E-state index in [1.54, 1.807) is 6.07 Å². The minimum atomic E-state index is -0.288. The smallest absolute Gasteiger partial charge is 0.237 e. The molecule has 134 valence electrons. The molecule has 2 aliphatic rings. The molecule has 0 spiro atoms. The molecule has 1 aromatic heterocycles. The molecule has 2 aromatic rings. The zero-order chi connectivity index (χ0) is 17.2. The van der Waals surface area contributed by atoms with Gasteiger partial charge in [0.25, 0.3) is 0 Å². The summed E-state index contributed by atoms with van der Waals surface area (Å²) in [5.74, 6) is 0.684. The second-order valence-electron chi connectivity index (χ2n) is 6.93. The van der Waals surface area contributed by atoms with Crippen molar-refractivity contribution in [2.75, 3.05) is 32.7 Å². The lowest BCUT2D eigenvalue weighted by molar-refractivity contribution is -0.126. The van der Waals surface area contributed by atoms with Crippen molar-refractivity contribution in [2.24, 2.45) is 0 Å². The van der Waals surface area contributed by atoms with Crippen molar-refractivity contribution in [3.63, 3.8) is 0 Å². The number of carbonyl (C=O) groups excluding carboxylic acids is 1. The second-order valence-corrected chi connectivity index (χ2v) is 6.93. The predicted octanol–water partition coefficient (Wildman–Crippen LogP) is 1.49. The summed E-state index contributed by atoms with van der Waals surface area (Å²) in [5, 5.41) is 3.02.